The van der Waals surface area contributed by atoms with Crippen molar-refractivity contribution in [1.82, 2.24) is 9.78 Å². The van der Waals surface area contributed by atoms with Crippen molar-refractivity contribution in [2.24, 2.45) is 5.92 Å². The van der Waals surface area contributed by atoms with Crippen molar-refractivity contribution in [2.45, 2.75) is 52.2 Å². The van der Waals surface area contributed by atoms with Gasteiger partial charge in [-0.1, -0.05) is 18.1 Å². The SMILES string of the molecule is C#CCOC1CCC(COC(=O)c2cccc(Cn3nc(C)cc3C)c2)CC1. The minimum atomic E-state index is -0.263. The van der Waals surface area contributed by atoms with E-state index in [4.69, 9.17) is 15.9 Å². The van der Waals surface area contributed by atoms with Crippen LogP contribution >= 0.6 is 0 Å². The van der Waals surface area contributed by atoms with Gasteiger partial charge in [-0.2, -0.15) is 5.10 Å². The zero-order chi connectivity index (χ0) is 19.9. The number of ether oxygens (including phenoxy) is 2. The van der Waals surface area contributed by atoms with E-state index in [-0.39, 0.29) is 12.1 Å². The third-order valence-corrected chi connectivity index (χ3v) is 5.24. The standard InChI is InChI=1S/C23H28N2O3/c1-4-12-27-22-10-8-19(9-11-22)16-28-23(26)21-7-5-6-20(14-21)15-25-18(3)13-17(2)24-25/h1,5-7,13-14,19,22H,8-12,15-16H2,2-3H3. The molecule has 0 radical (unpaired) electrons. The van der Waals surface area contributed by atoms with Crippen molar-refractivity contribution < 1.29 is 14.3 Å². The third kappa shape index (κ3) is 5.46. The Bertz CT molecular complexity index is 842. The highest BCUT2D eigenvalue weighted by Crippen LogP contribution is 2.26. The van der Waals surface area contributed by atoms with Crippen LogP contribution in [0.15, 0.2) is 30.3 Å². The molecule has 0 spiro atoms. The highest BCUT2D eigenvalue weighted by atomic mass is 16.5. The molecule has 1 fully saturated rings. The number of rotatable bonds is 7. The van der Waals surface area contributed by atoms with Gasteiger partial charge in [-0.05, 0) is 69.2 Å². The van der Waals surface area contributed by atoms with Crippen LogP contribution in [0.5, 0.6) is 0 Å². The van der Waals surface area contributed by atoms with Crippen molar-refractivity contribution in [3.05, 3.63) is 52.8 Å². The summed E-state index contributed by atoms with van der Waals surface area (Å²) in [6, 6.07) is 9.64. The van der Waals surface area contributed by atoms with E-state index in [1.54, 1.807) is 6.07 Å². The minimum absolute atomic E-state index is 0.245. The van der Waals surface area contributed by atoms with E-state index in [0.29, 0.717) is 31.2 Å². The summed E-state index contributed by atoms with van der Waals surface area (Å²) in [5.74, 6) is 2.64. The Labute approximate surface area is 167 Å². The van der Waals surface area contributed by atoms with Gasteiger partial charge < -0.3 is 9.47 Å². The van der Waals surface area contributed by atoms with Crippen LogP contribution in [-0.4, -0.2) is 35.1 Å². The second-order valence-electron chi connectivity index (χ2n) is 7.54. The second kappa shape index (κ2) is 9.57. The van der Waals surface area contributed by atoms with E-state index in [9.17, 15) is 4.79 Å². The van der Waals surface area contributed by atoms with Crippen molar-refractivity contribution in [1.29, 1.82) is 0 Å². The van der Waals surface area contributed by atoms with Gasteiger partial charge >= 0.3 is 5.97 Å². The Balaban J connectivity index is 1.50. The smallest absolute Gasteiger partial charge is 0.338 e. The predicted octanol–water partition coefficient (Wildman–Crippen LogP) is 3.91. The van der Waals surface area contributed by atoms with Crippen molar-refractivity contribution >= 4 is 5.97 Å². The first-order valence-corrected chi connectivity index (χ1v) is 9.87. The van der Waals surface area contributed by atoms with E-state index in [0.717, 1.165) is 42.6 Å². The molecule has 3 rings (SSSR count). The lowest BCUT2D eigenvalue weighted by atomic mass is 9.88. The lowest BCUT2D eigenvalue weighted by Crippen LogP contribution is -2.25. The van der Waals surface area contributed by atoms with Crippen LogP contribution in [-0.2, 0) is 16.0 Å². The van der Waals surface area contributed by atoms with E-state index in [2.05, 4.69) is 11.0 Å². The molecule has 0 N–H and O–H groups in total. The molecular weight excluding hydrogens is 352 g/mol. The van der Waals surface area contributed by atoms with Gasteiger partial charge in [0.1, 0.15) is 6.61 Å². The Morgan fingerprint density at radius 1 is 1.25 bits per heavy atom. The largest absolute Gasteiger partial charge is 0.462 e. The van der Waals surface area contributed by atoms with Gasteiger partial charge in [-0.15, -0.1) is 6.42 Å². The fourth-order valence-electron chi connectivity index (χ4n) is 3.71. The van der Waals surface area contributed by atoms with Crippen LogP contribution in [0, 0.1) is 32.1 Å². The fraction of sp³-hybridized carbons (Fsp3) is 0.478. The van der Waals surface area contributed by atoms with Crippen molar-refractivity contribution in [2.75, 3.05) is 13.2 Å². The number of hydrogen-bond donors (Lipinski definition) is 0. The average Bonchev–Trinajstić information content (AvgIpc) is 3.02. The van der Waals surface area contributed by atoms with Crippen molar-refractivity contribution in [3.8, 4) is 12.3 Å². The van der Waals surface area contributed by atoms with E-state index in [1.165, 1.54) is 0 Å². The topological polar surface area (TPSA) is 53.4 Å². The first-order chi connectivity index (χ1) is 13.5. The lowest BCUT2D eigenvalue weighted by Gasteiger charge is -2.27. The molecular formula is C23H28N2O3. The molecule has 0 unspecified atom stereocenters. The monoisotopic (exact) mass is 380 g/mol. The molecule has 5 nitrogen and oxygen atoms in total. The summed E-state index contributed by atoms with van der Waals surface area (Å²) in [6.07, 6.45) is 9.43. The fourth-order valence-corrected chi connectivity index (χ4v) is 3.71. The first-order valence-electron chi connectivity index (χ1n) is 9.87. The van der Waals surface area contributed by atoms with Gasteiger partial charge in [0.25, 0.3) is 0 Å². The van der Waals surface area contributed by atoms with E-state index >= 15 is 0 Å². The van der Waals surface area contributed by atoms with Gasteiger partial charge in [-0.25, -0.2) is 4.79 Å². The number of hydrogen-bond acceptors (Lipinski definition) is 4. The summed E-state index contributed by atoms with van der Waals surface area (Å²) in [4.78, 5) is 12.5. The van der Waals surface area contributed by atoms with Crippen LogP contribution in [0.4, 0.5) is 0 Å². The molecule has 1 aromatic heterocycles. The van der Waals surface area contributed by atoms with Crippen LogP contribution in [0.2, 0.25) is 0 Å². The molecule has 1 saturated carbocycles. The maximum absolute atomic E-state index is 12.5. The minimum Gasteiger partial charge on any atom is -0.462 e. The molecule has 1 heterocycles. The normalized spacial score (nSPS) is 19.2. The molecule has 1 aromatic carbocycles. The number of carbonyl (C=O) groups excluding carboxylic acids is 1. The first kappa shape index (κ1) is 20.2. The summed E-state index contributed by atoms with van der Waals surface area (Å²) in [7, 11) is 0. The van der Waals surface area contributed by atoms with Crippen LogP contribution in [0.3, 0.4) is 0 Å². The molecule has 148 valence electrons. The summed E-state index contributed by atoms with van der Waals surface area (Å²) >= 11 is 0. The maximum Gasteiger partial charge on any atom is 0.338 e. The van der Waals surface area contributed by atoms with Gasteiger partial charge in [0.05, 0.1) is 30.5 Å². The maximum atomic E-state index is 12.5. The second-order valence-corrected chi connectivity index (χ2v) is 7.54. The highest BCUT2D eigenvalue weighted by Gasteiger charge is 2.23. The molecule has 28 heavy (non-hydrogen) atoms. The number of carbonyl (C=O) groups is 1. The summed E-state index contributed by atoms with van der Waals surface area (Å²) in [5, 5.41) is 4.48. The van der Waals surface area contributed by atoms with Gasteiger partial charge in [0.2, 0.25) is 0 Å². The lowest BCUT2D eigenvalue weighted by molar-refractivity contribution is 0.0161. The number of terminal acetylenes is 1. The zero-order valence-corrected chi connectivity index (χ0v) is 16.7. The van der Waals surface area contributed by atoms with Gasteiger partial charge in [0, 0.05) is 5.69 Å². The number of esters is 1. The molecule has 0 bridgehead atoms. The van der Waals surface area contributed by atoms with Crippen LogP contribution in [0.1, 0.15) is 53.0 Å². The molecule has 2 aromatic rings. The van der Waals surface area contributed by atoms with Crippen LogP contribution < -0.4 is 0 Å². The number of aromatic nitrogens is 2. The van der Waals surface area contributed by atoms with Crippen molar-refractivity contribution in [3.63, 3.8) is 0 Å². The molecule has 1 aliphatic carbocycles. The quantitative estimate of drug-likeness (QED) is 0.540. The summed E-state index contributed by atoms with van der Waals surface area (Å²) < 4.78 is 13.1. The van der Waals surface area contributed by atoms with Crippen LogP contribution in [0.25, 0.3) is 0 Å². The number of aryl methyl sites for hydroxylation is 2. The molecule has 0 amide bonds. The van der Waals surface area contributed by atoms with Gasteiger partial charge in [-0.3, -0.25) is 4.68 Å². The Morgan fingerprint density at radius 3 is 2.71 bits per heavy atom. The Kier molecular flexibility index (Phi) is 6.89. The Hall–Kier alpha value is -2.58. The van der Waals surface area contributed by atoms with E-state index < -0.39 is 0 Å². The van der Waals surface area contributed by atoms with Gasteiger partial charge in [0.15, 0.2) is 0 Å². The highest BCUT2D eigenvalue weighted by molar-refractivity contribution is 5.89. The molecule has 0 saturated heterocycles. The molecule has 5 heteroatoms. The number of benzene rings is 1. The Morgan fingerprint density at radius 2 is 2.04 bits per heavy atom. The molecule has 0 aliphatic heterocycles. The zero-order valence-electron chi connectivity index (χ0n) is 16.7. The predicted molar refractivity (Wildman–Crippen MR) is 108 cm³/mol. The summed E-state index contributed by atoms with van der Waals surface area (Å²) in [6.45, 7) is 5.49. The molecule has 1 aliphatic rings. The summed E-state index contributed by atoms with van der Waals surface area (Å²) in [5.41, 5.74) is 3.72. The number of nitrogens with zero attached hydrogens (tertiary/aromatic N) is 2. The third-order valence-electron chi connectivity index (χ3n) is 5.24. The molecule has 0 atom stereocenters. The average molecular weight is 380 g/mol. The van der Waals surface area contributed by atoms with E-state index in [1.807, 2.05) is 42.8 Å².